The van der Waals surface area contributed by atoms with Crippen LogP contribution < -0.4 is 10.9 Å². The van der Waals surface area contributed by atoms with Crippen LogP contribution in [0, 0.1) is 0 Å². The number of H-pyrrole nitrogens is 1. The predicted molar refractivity (Wildman–Crippen MR) is 84.7 cm³/mol. The number of nitrogens with one attached hydrogen (secondary N) is 2. The second kappa shape index (κ2) is 5.25. The van der Waals surface area contributed by atoms with Crippen LogP contribution in [0.4, 0.5) is 5.95 Å². The van der Waals surface area contributed by atoms with E-state index in [1.165, 1.54) is 0 Å². The van der Waals surface area contributed by atoms with Crippen LogP contribution >= 0.6 is 0 Å². The first kappa shape index (κ1) is 14.2. The van der Waals surface area contributed by atoms with Crippen LogP contribution in [0.3, 0.4) is 0 Å². The van der Waals surface area contributed by atoms with Gasteiger partial charge in [-0.25, -0.2) is 4.68 Å². The highest BCUT2D eigenvalue weighted by Crippen LogP contribution is 2.18. The molecule has 3 aromatic rings. The zero-order valence-corrected chi connectivity index (χ0v) is 12.8. The van der Waals surface area contributed by atoms with Crippen LogP contribution in [-0.2, 0) is 12.1 Å². The summed E-state index contributed by atoms with van der Waals surface area (Å²) in [6.07, 6.45) is 5.04. The van der Waals surface area contributed by atoms with E-state index in [4.69, 9.17) is 0 Å². The van der Waals surface area contributed by atoms with Gasteiger partial charge in [0.15, 0.2) is 5.65 Å². The zero-order valence-electron chi connectivity index (χ0n) is 12.8. The van der Waals surface area contributed by atoms with Crippen molar-refractivity contribution in [2.45, 2.75) is 32.9 Å². The maximum absolute atomic E-state index is 12.1. The molecule has 7 nitrogen and oxygen atoms in total. The molecule has 0 aromatic carbocycles. The number of anilines is 1. The number of aromatic amines is 1. The van der Waals surface area contributed by atoms with Crippen LogP contribution in [-0.4, -0.2) is 24.7 Å². The minimum atomic E-state index is -0.247. The SMILES string of the molecule is CC(C)(C)n1ncc2c(=O)[nH]c(NCc3cccnc3)nc21. The van der Waals surface area contributed by atoms with E-state index < -0.39 is 0 Å². The number of nitrogens with zero attached hydrogens (tertiary/aromatic N) is 4. The van der Waals surface area contributed by atoms with Gasteiger partial charge in [0, 0.05) is 18.9 Å². The minimum Gasteiger partial charge on any atom is -0.352 e. The summed E-state index contributed by atoms with van der Waals surface area (Å²) >= 11 is 0. The Morgan fingerprint density at radius 3 is 2.82 bits per heavy atom. The van der Waals surface area contributed by atoms with Gasteiger partial charge in [0.2, 0.25) is 5.95 Å². The van der Waals surface area contributed by atoms with Gasteiger partial charge in [0.1, 0.15) is 5.39 Å². The zero-order chi connectivity index (χ0) is 15.7. The van der Waals surface area contributed by atoms with Gasteiger partial charge in [-0.2, -0.15) is 10.1 Å². The van der Waals surface area contributed by atoms with Gasteiger partial charge >= 0.3 is 0 Å². The van der Waals surface area contributed by atoms with Crippen molar-refractivity contribution in [3.63, 3.8) is 0 Å². The highest BCUT2D eigenvalue weighted by molar-refractivity contribution is 5.74. The van der Waals surface area contributed by atoms with Crippen LogP contribution in [0.2, 0.25) is 0 Å². The number of rotatable bonds is 3. The molecule has 3 heterocycles. The van der Waals surface area contributed by atoms with Crippen molar-refractivity contribution in [3.8, 4) is 0 Å². The minimum absolute atomic E-state index is 0.200. The molecule has 0 fully saturated rings. The summed E-state index contributed by atoms with van der Waals surface area (Å²) in [5, 5.41) is 7.89. The Bertz CT molecular complexity index is 844. The molecule has 3 aromatic heterocycles. The van der Waals surface area contributed by atoms with Crippen molar-refractivity contribution < 1.29 is 0 Å². The fraction of sp³-hybridized carbons (Fsp3) is 0.333. The molecule has 0 saturated carbocycles. The molecule has 0 radical (unpaired) electrons. The first-order valence-corrected chi connectivity index (χ1v) is 7.06. The Labute approximate surface area is 127 Å². The third-order valence-electron chi connectivity index (χ3n) is 3.26. The van der Waals surface area contributed by atoms with Crippen LogP contribution in [0.15, 0.2) is 35.5 Å². The summed E-state index contributed by atoms with van der Waals surface area (Å²) in [5.41, 5.74) is 1.14. The summed E-state index contributed by atoms with van der Waals surface area (Å²) in [6.45, 7) is 6.59. The van der Waals surface area contributed by atoms with E-state index in [0.29, 0.717) is 23.5 Å². The lowest BCUT2D eigenvalue weighted by Crippen LogP contribution is -2.24. The Hall–Kier alpha value is -2.70. The highest BCUT2D eigenvalue weighted by atomic mass is 16.1. The molecule has 0 atom stereocenters. The molecule has 7 heteroatoms. The van der Waals surface area contributed by atoms with E-state index in [0.717, 1.165) is 5.56 Å². The van der Waals surface area contributed by atoms with E-state index >= 15 is 0 Å². The summed E-state index contributed by atoms with van der Waals surface area (Å²) in [6, 6.07) is 3.82. The van der Waals surface area contributed by atoms with Gasteiger partial charge in [-0.3, -0.25) is 14.8 Å². The number of hydrogen-bond acceptors (Lipinski definition) is 5. The lowest BCUT2D eigenvalue weighted by atomic mass is 10.1. The number of aromatic nitrogens is 5. The molecule has 0 saturated heterocycles. The smallest absolute Gasteiger partial charge is 0.263 e. The molecule has 114 valence electrons. The van der Waals surface area contributed by atoms with Crippen molar-refractivity contribution in [2.75, 3.05) is 5.32 Å². The van der Waals surface area contributed by atoms with E-state index in [1.54, 1.807) is 23.3 Å². The monoisotopic (exact) mass is 298 g/mol. The molecular formula is C15H18N6O. The highest BCUT2D eigenvalue weighted by Gasteiger charge is 2.19. The average molecular weight is 298 g/mol. The Balaban J connectivity index is 1.96. The normalized spacial score (nSPS) is 11.8. The maximum Gasteiger partial charge on any atom is 0.263 e. The first-order chi connectivity index (χ1) is 10.4. The first-order valence-electron chi connectivity index (χ1n) is 7.06. The summed E-state index contributed by atoms with van der Waals surface area (Å²) in [5.74, 6) is 0.423. The third-order valence-corrected chi connectivity index (χ3v) is 3.26. The molecule has 2 N–H and O–H groups in total. The van der Waals surface area contributed by atoms with E-state index in [1.807, 2.05) is 32.9 Å². The summed E-state index contributed by atoms with van der Waals surface area (Å²) in [7, 11) is 0. The Morgan fingerprint density at radius 1 is 1.32 bits per heavy atom. The third kappa shape index (κ3) is 2.69. The van der Waals surface area contributed by atoms with E-state index in [-0.39, 0.29) is 11.1 Å². The van der Waals surface area contributed by atoms with Gasteiger partial charge in [-0.1, -0.05) is 6.07 Å². The molecule has 0 aliphatic rings. The Morgan fingerprint density at radius 2 is 2.14 bits per heavy atom. The average Bonchev–Trinajstić information content (AvgIpc) is 2.91. The van der Waals surface area contributed by atoms with Crippen molar-refractivity contribution in [1.29, 1.82) is 0 Å². The van der Waals surface area contributed by atoms with Crippen molar-refractivity contribution in [2.24, 2.45) is 0 Å². The lowest BCUT2D eigenvalue weighted by Gasteiger charge is -2.19. The van der Waals surface area contributed by atoms with Gasteiger partial charge < -0.3 is 5.32 Å². The van der Waals surface area contributed by atoms with E-state index in [9.17, 15) is 4.79 Å². The predicted octanol–water partition coefficient (Wildman–Crippen LogP) is 1.88. The fourth-order valence-electron chi connectivity index (χ4n) is 2.18. The molecule has 0 unspecified atom stereocenters. The largest absolute Gasteiger partial charge is 0.352 e. The second-order valence-corrected chi connectivity index (χ2v) is 6.09. The molecule has 0 aliphatic heterocycles. The maximum atomic E-state index is 12.1. The van der Waals surface area contributed by atoms with Gasteiger partial charge in [-0.05, 0) is 32.4 Å². The van der Waals surface area contributed by atoms with Crippen molar-refractivity contribution in [1.82, 2.24) is 24.7 Å². The molecular weight excluding hydrogens is 280 g/mol. The standard InChI is InChI=1S/C15H18N6O/c1-15(2,3)21-12-11(9-18-21)13(22)20-14(19-12)17-8-10-5-4-6-16-7-10/h4-7,9H,8H2,1-3H3,(H2,17,19,20,22). The topological polar surface area (TPSA) is 88.5 Å². The number of pyridine rings is 1. The quantitative estimate of drug-likeness (QED) is 0.770. The molecule has 22 heavy (non-hydrogen) atoms. The van der Waals surface area contributed by atoms with Crippen LogP contribution in [0.1, 0.15) is 26.3 Å². The lowest BCUT2D eigenvalue weighted by molar-refractivity contribution is 0.366. The molecule has 3 rings (SSSR count). The van der Waals surface area contributed by atoms with Gasteiger partial charge in [0.25, 0.3) is 5.56 Å². The molecule has 0 amide bonds. The van der Waals surface area contributed by atoms with Crippen LogP contribution in [0.25, 0.3) is 11.0 Å². The summed E-state index contributed by atoms with van der Waals surface area (Å²) < 4.78 is 1.76. The second-order valence-electron chi connectivity index (χ2n) is 6.09. The molecule has 0 bridgehead atoms. The number of hydrogen-bond donors (Lipinski definition) is 2. The van der Waals surface area contributed by atoms with Crippen molar-refractivity contribution in [3.05, 3.63) is 46.6 Å². The Kier molecular flexibility index (Phi) is 3.40. The van der Waals surface area contributed by atoms with Crippen molar-refractivity contribution >= 4 is 17.0 Å². The van der Waals surface area contributed by atoms with Gasteiger partial charge in [0.05, 0.1) is 11.7 Å². The van der Waals surface area contributed by atoms with E-state index in [2.05, 4.69) is 25.4 Å². The fourth-order valence-corrected chi connectivity index (χ4v) is 2.18. The van der Waals surface area contributed by atoms with Gasteiger partial charge in [-0.15, -0.1) is 0 Å². The van der Waals surface area contributed by atoms with Crippen LogP contribution in [0.5, 0.6) is 0 Å². The summed E-state index contributed by atoms with van der Waals surface area (Å²) in [4.78, 5) is 23.4. The molecule has 0 aliphatic carbocycles. The molecule has 0 spiro atoms. The number of fused-ring (bicyclic) bond motifs is 1.